The first-order valence-corrected chi connectivity index (χ1v) is 6.73. The van der Waals surface area contributed by atoms with Crippen LogP contribution in [0.1, 0.15) is 5.56 Å². The van der Waals surface area contributed by atoms with Crippen LogP contribution < -0.4 is 10.6 Å². The van der Waals surface area contributed by atoms with E-state index in [1.807, 2.05) is 42.5 Å². The SMILES string of the molecule is CN(C(=O)Cc1cccc(Br)c1)c1ccccc1N. The maximum atomic E-state index is 12.2. The van der Waals surface area contributed by atoms with Crippen molar-refractivity contribution in [3.8, 4) is 0 Å². The smallest absolute Gasteiger partial charge is 0.231 e. The molecule has 19 heavy (non-hydrogen) atoms. The van der Waals surface area contributed by atoms with Gasteiger partial charge in [0, 0.05) is 11.5 Å². The zero-order chi connectivity index (χ0) is 13.8. The number of amides is 1. The Morgan fingerprint density at radius 1 is 1.21 bits per heavy atom. The number of benzene rings is 2. The fourth-order valence-electron chi connectivity index (χ4n) is 1.87. The minimum Gasteiger partial charge on any atom is -0.397 e. The number of hydrogen-bond acceptors (Lipinski definition) is 2. The van der Waals surface area contributed by atoms with Gasteiger partial charge in [-0.1, -0.05) is 40.2 Å². The number of likely N-dealkylation sites (N-methyl/N-ethyl adjacent to an activating group) is 1. The highest BCUT2D eigenvalue weighted by Gasteiger charge is 2.13. The number of para-hydroxylation sites is 2. The summed E-state index contributed by atoms with van der Waals surface area (Å²) in [4.78, 5) is 13.8. The molecule has 2 N–H and O–H groups in total. The molecule has 0 heterocycles. The Kier molecular flexibility index (Phi) is 4.22. The molecule has 0 unspecified atom stereocenters. The molecule has 4 heteroatoms. The predicted molar refractivity (Wildman–Crippen MR) is 82.1 cm³/mol. The lowest BCUT2D eigenvalue weighted by Crippen LogP contribution is -2.28. The van der Waals surface area contributed by atoms with Gasteiger partial charge in [-0.3, -0.25) is 4.79 Å². The summed E-state index contributed by atoms with van der Waals surface area (Å²) in [5.41, 5.74) is 8.19. The monoisotopic (exact) mass is 318 g/mol. The fourth-order valence-corrected chi connectivity index (χ4v) is 2.31. The third-order valence-electron chi connectivity index (χ3n) is 2.92. The van der Waals surface area contributed by atoms with Gasteiger partial charge in [-0.15, -0.1) is 0 Å². The van der Waals surface area contributed by atoms with E-state index in [0.29, 0.717) is 12.1 Å². The average Bonchev–Trinajstić information content (AvgIpc) is 2.38. The standard InChI is InChI=1S/C15H15BrN2O/c1-18(14-8-3-2-7-13(14)17)15(19)10-11-5-4-6-12(16)9-11/h2-9H,10,17H2,1H3. The summed E-state index contributed by atoms with van der Waals surface area (Å²) in [5.74, 6) is 0.0102. The van der Waals surface area contributed by atoms with Gasteiger partial charge >= 0.3 is 0 Å². The Balaban J connectivity index is 2.14. The Bertz CT molecular complexity index is 598. The van der Waals surface area contributed by atoms with E-state index in [-0.39, 0.29) is 5.91 Å². The van der Waals surface area contributed by atoms with Crippen molar-refractivity contribution in [2.24, 2.45) is 0 Å². The summed E-state index contributed by atoms with van der Waals surface area (Å²) in [7, 11) is 1.74. The molecule has 1 amide bonds. The lowest BCUT2D eigenvalue weighted by Gasteiger charge is -2.19. The quantitative estimate of drug-likeness (QED) is 0.883. The minimum absolute atomic E-state index is 0.0102. The molecule has 0 fully saturated rings. The van der Waals surface area contributed by atoms with E-state index in [1.54, 1.807) is 18.0 Å². The normalized spacial score (nSPS) is 10.2. The van der Waals surface area contributed by atoms with Gasteiger partial charge in [-0.05, 0) is 29.8 Å². The highest BCUT2D eigenvalue weighted by atomic mass is 79.9. The minimum atomic E-state index is 0.0102. The molecule has 0 aliphatic heterocycles. The van der Waals surface area contributed by atoms with Crippen molar-refractivity contribution >= 4 is 33.2 Å². The van der Waals surface area contributed by atoms with Crippen LogP contribution in [0.25, 0.3) is 0 Å². The van der Waals surface area contributed by atoms with Gasteiger partial charge in [0.2, 0.25) is 5.91 Å². The van der Waals surface area contributed by atoms with Gasteiger partial charge in [0.05, 0.1) is 17.8 Å². The molecule has 2 aromatic rings. The number of carbonyl (C=O) groups excluding carboxylic acids is 1. The maximum Gasteiger partial charge on any atom is 0.231 e. The van der Waals surface area contributed by atoms with E-state index in [0.717, 1.165) is 15.7 Å². The number of nitrogen functional groups attached to an aromatic ring is 1. The van der Waals surface area contributed by atoms with E-state index < -0.39 is 0 Å². The third kappa shape index (κ3) is 3.35. The van der Waals surface area contributed by atoms with Gasteiger partial charge in [-0.25, -0.2) is 0 Å². The van der Waals surface area contributed by atoms with Crippen molar-refractivity contribution in [1.29, 1.82) is 0 Å². The summed E-state index contributed by atoms with van der Waals surface area (Å²) in [6.45, 7) is 0. The van der Waals surface area contributed by atoms with Crippen molar-refractivity contribution in [2.75, 3.05) is 17.7 Å². The second kappa shape index (κ2) is 5.89. The summed E-state index contributed by atoms with van der Waals surface area (Å²) in [6, 6.07) is 15.1. The van der Waals surface area contributed by atoms with E-state index in [2.05, 4.69) is 15.9 Å². The molecule has 2 rings (SSSR count). The van der Waals surface area contributed by atoms with Crippen LogP contribution >= 0.6 is 15.9 Å². The second-order valence-electron chi connectivity index (χ2n) is 4.32. The predicted octanol–water partition coefficient (Wildman–Crippen LogP) is 3.24. The zero-order valence-electron chi connectivity index (χ0n) is 10.6. The fraction of sp³-hybridized carbons (Fsp3) is 0.133. The first-order chi connectivity index (χ1) is 9.08. The third-order valence-corrected chi connectivity index (χ3v) is 3.41. The zero-order valence-corrected chi connectivity index (χ0v) is 12.2. The Hall–Kier alpha value is -1.81. The van der Waals surface area contributed by atoms with Crippen LogP contribution in [-0.4, -0.2) is 13.0 Å². The van der Waals surface area contributed by atoms with Gasteiger partial charge in [-0.2, -0.15) is 0 Å². The number of hydrogen-bond donors (Lipinski definition) is 1. The summed E-state index contributed by atoms with van der Waals surface area (Å²) in [5, 5.41) is 0. The number of anilines is 2. The number of nitrogens with two attached hydrogens (primary N) is 1. The van der Waals surface area contributed by atoms with Crippen molar-refractivity contribution in [2.45, 2.75) is 6.42 Å². The first kappa shape index (κ1) is 13.6. The number of nitrogens with zero attached hydrogens (tertiary/aromatic N) is 1. The van der Waals surface area contributed by atoms with Crippen LogP contribution in [0.15, 0.2) is 53.0 Å². The van der Waals surface area contributed by atoms with E-state index in [4.69, 9.17) is 5.73 Å². The van der Waals surface area contributed by atoms with Gasteiger partial charge in [0.25, 0.3) is 0 Å². The van der Waals surface area contributed by atoms with Crippen LogP contribution in [0, 0.1) is 0 Å². The molecule has 0 aromatic heterocycles. The van der Waals surface area contributed by atoms with Crippen LogP contribution in [0.5, 0.6) is 0 Å². The molecule has 0 saturated heterocycles. The first-order valence-electron chi connectivity index (χ1n) is 5.93. The van der Waals surface area contributed by atoms with Crippen molar-refractivity contribution in [1.82, 2.24) is 0 Å². The van der Waals surface area contributed by atoms with Crippen LogP contribution in [-0.2, 0) is 11.2 Å². The highest BCUT2D eigenvalue weighted by molar-refractivity contribution is 9.10. The van der Waals surface area contributed by atoms with E-state index in [1.165, 1.54) is 0 Å². The number of carbonyl (C=O) groups is 1. The van der Waals surface area contributed by atoms with Gasteiger partial charge in [0.15, 0.2) is 0 Å². The van der Waals surface area contributed by atoms with Crippen LogP contribution in [0.4, 0.5) is 11.4 Å². The van der Waals surface area contributed by atoms with Gasteiger partial charge in [0.1, 0.15) is 0 Å². The summed E-state index contributed by atoms with van der Waals surface area (Å²) < 4.78 is 0.972. The van der Waals surface area contributed by atoms with Crippen LogP contribution in [0.3, 0.4) is 0 Å². The molecule has 98 valence electrons. The molecule has 0 spiro atoms. The molecular formula is C15H15BrN2O. The molecular weight excluding hydrogens is 304 g/mol. The van der Waals surface area contributed by atoms with Crippen LogP contribution in [0.2, 0.25) is 0 Å². The van der Waals surface area contributed by atoms with Crippen molar-refractivity contribution in [3.05, 3.63) is 58.6 Å². The molecule has 3 nitrogen and oxygen atoms in total. The topological polar surface area (TPSA) is 46.3 Å². The van der Waals surface area contributed by atoms with E-state index in [9.17, 15) is 4.79 Å². The Morgan fingerprint density at radius 2 is 1.95 bits per heavy atom. The molecule has 0 atom stereocenters. The van der Waals surface area contributed by atoms with Crippen molar-refractivity contribution < 1.29 is 4.79 Å². The molecule has 0 aliphatic carbocycles. The number of rotatable bonds is 3. The Morgan fingerprint density at radius 3 is 2.63 bits per heavy atom. The highest BCUT2D eigenvalue weighted by Crippen LogP contribution is 2.22. The second-order valence-corrected chi connectivity index (χ2v) is 5.23. The van der Waals surface area contributed by atoms with Crippen molar-refractivity contribution in [3.63, 3.8) is 0 Å². The van der Waals surface area contributed by atoms with Gasteiger partial charge < -0.3 is 10.6 Å². The lowest BCUT2D eigenvalue weighted by molar-refractivity contribution is -0.117. The maximum absolute atomic E-state index is 12.2. The molecule has 2 aromatic carbocycles. The number of halogens is 1. The average molecular weight is 319 g/mol. The largest absolute Gasteiger partial charge is 0.397 e. The molecule has 0 radical (unpaired) electrons. The summed E-state index contributed by atoms with van der Waals surface area (Å²) in [6.07, 6.45) is 0.351. The Labute approximate surface area is 121 Å². The summed E-state index contributed by atoms with van der Waals surface area (Å²) >= 11 is 3.40. The molecule has 0 aliphatic rings. The lowest BCUT2D eigenvalue weighted by atomic mass is 10.1. The molecule has 0 bridgehead atoms. The molecule has 0 saturated carbocycles. The van der Waals surface area contributed by atoms with E-state index >= 15 is 0 Å².